The zero-order valence-electron chi connectivity index (χ0n) is 20.3. The zero-order valence-corrected chi connectivity index (χ0v) is 21.9. The quantitative estimate of drug-likeness (QED) is 0.542. The van der Waals surface area contributed by atoms with Crippen molar-refractivity contribution in [2.24, 2.45) is 0 Å². The molecule has 0 aliphatic carbocycles. The Morgan fingerprint density at radius 1 is 1.03 bits per heavy atom. The number of nitrogens with zero attached hydrogens (tertiary/aromatic N) is 4. The fourth-order valence-corrected chi connectivity index (χ4v) is 6.20. The highest BCUT2D eigenvalue weighted by atomic mass is 32.2. The molecule has 0 unspecified atom stereocenters. The molecule has 0 spiro atoms. The molecule has 2 saturated heterocycles. The minimum atomic E-state index is -0.327. The van der Waals surface area contributed by atoms with E-state index in [0.717, 1.165) is 29.1 Å². The first-order valence-corrected chi connectivity index (χ1v) is 14.0. The van der Waals surface area contributed by atoms with E-state index in [0.29, 0.717) is 57.2 Å². The number of piperidine rings is 1. The summed E-state index contributed by atoms with van der Waals surface area (Å²) < 4.78 is 5.08. The van der Waals surface area contributed by atoms with E-state index in [9.17, 15) is 14.4 Å². The third-order valence-electron chi connectivity index (χ3n) is 6.48. The molecule has 0 radical (unpaired) electrons. The van der Waals surface area contributed by atoms with Crippen LogP contribution in [0.15, 0.2) is 33.9 Å². The zero-order chi connectivity index (χ0) is 24.8. The van der Waals surface area contributed by atoms with Gasteiger partial charge in [0.1, 0.15) is 0 Å². The van der Waals surface area contributed by atoms with Gasteiger partial charge in [-0.2, -0.15) is 11.3 Å². The molecule has 0 bridgehead atoms. The maximum absolute atomic E-state index is 13.4. The predicted octanol–water partition coefficient (Wildman–Crippen LogP) is 3.86. The summed E-state index contributed by atoms with van der Waals surface area (Å²) in [5.74, 6) is 0.712. The van der Waals surface area contributed by atoms with Crippen molar-refractivity contribution < 1.29 is 19.1 Å². The molecule has 0 atom stereocenters. The summed E-state index contributed by atoms with van der Waals surface area (Å²) in [6.07, 6.45) is 1.26. The molecule has 10 heteroatoms. The number of carbonyl (C=O) groups is 3. The van der Waals surface area contributed by atoms with Crippen LogP contribution in [0.25, 0.3) is 0 Å². The van der Waals surface area contributed by atoms with Gasteiger partial charge in [0.05, 0.1) is 23.6 Å². The fourth-order valence-electron chi connectivity index (χ4n) is 4.52. The van der Waals surface area contributed by atoms with Crippen LogP contribution in [0.5, 0.6) is 0 Å². The number of rotatable bonds is 6. The van der Waals surface area contributed by atoms with Crippen LogP contribution in [-0.2, 0) is 9.53 Å². The maximum Gasteiger partial charge on any atom is 0.409 e. The number of carbonyl (C=O) groups excluding carboxylic acids is 3. The first kappa shape index (κ1) is 25.5. The topological polar surface area (TPSA) is 83.1 Å². The number of pyridine rings is 1. The van der Waals surface area contributed by atoms with E-state index >= 15 is 0 Å². The van der Waals surface area contributed by atoms with Gasteiger partial charge in [-0.05, 0) is 50.3 Å². The Kier molecular flexibility index (Phi) is 8.67. The Hall–Kier alpha value is -2.59. The standard InChI is InChI=1S/C25H32N4O4S2/c1-3-33-25(32)29-13-11-28(12-14-29)24(31)21-5-4-18(2)26-23(21)19-6-9-27(10-7-19)22(30)17-35-20-8-15-34-16-20/h4-5,8,15-16,19H,3,6-7,9-14,17H2,1-2H3. The number of thiophene rings is 1. The van der Waals surface area contributed by atoms with Crippen LogP contribution >= 0.6 is 23.1 Å². The number of hydrogen-bond acceptors (Lipinski definition) is 7. The molecule has 35 heavy (non-hydrogen) atoms. The van der Waals surface area contributed by atoms with Crippen LogP contribution in [0.3, 0.4) is 0 Å². The van der Waals surface area contributed by atoms with E-state index in [2.05, 4.69) is 5.38 Å². The van der Waals surface area contributed by atoms with Crippen molar-refractivity contribution in [3.8, 4) is 0 Å². The second kappa shape index (κ2) is 11.9. The van der Waals surface area contributed by atoms with Crippen LogP contribution < -0.4 is 0 Å². The highest BCUT2D eigenvalue weighted by molar-refractivity contribution is 8.00. The Morgan fingerprint density at radius 2 is 1.74 bits per heavy atom. The largest absolute Gasteiger partial charge is 0.450 e. The molecule has 2 aliphatic heterocycles. The number of ether oxygens (including phenoxy) is 1. The number of thioether (sulfide) groups is 1. The first-order valence-electron chi connectivity index (χ1n) is 12.1. The molecule has 2 aromatic heterocycles. The van der Waals surface area contributed by atoms with Gasteiger partial charge in [-0.25, -0.2) is 4.79 Å². The van der Waals surface area contributed by atoms with E-state index in [1.54, 1.807) is 39.8 Å². The lowest BCUT2D eigenvalue weighted by Gasteiger charge is -2.35. The number of hydrogen-bond donors (Lipinski definition) is 0. The lowest BCUT2D eigenvalue weighted by atomic mass is 9.89. The Balaban J connectivity index is 1.36. The highest BCUT2D eigenvalue weighted by Crippen LogP contribution is 2.31. The summed E-state index contributed by atoms with van der Waals surface area (Å²) in [4.78, 5) is 49.4. The lowest BCUT2D eigenvalue weighted by Crippen LogP contribution is -2.51. The number of aromatic nitrogens is 1. The van der Waals surface area contributed by atoms with E-state index in [4.69, 9.17) is 9.72 Å². The van der Waals surface area contributed by atoms with Gasteiger partial charge < -0.3 is 19.4 Å². The summed E-state index contributed by atoms with van der Waals surface area (Å²) >= 11 is 3.22. The van der Waals surface area contributed by atoms with E-state index < -0.39 is 0 Å². The van der Waals surface area contributed by atoms with Gasteiger partial charge in [0.15, 0.2) is 0 Å². The van der Waals surface area contributed by atoms with Gasteiger partial charge in [0.2, 0.25) is 5.91 Å². The molecule has 188 valence electrons. The van der Waals surface area contributed by atoms with Crippen LogP contribution in [0.2, 0.25) is 0 Å². The van der Waals surface area contributed by atoms with Crippen molar-refractivity contribution in [2.45, 2.75) is 37.5 Å². The monoisotopic (exact) mass is 516 g/mol. The predicted molar refractivity (Wildman–Crippen MR) is 137 cm³/mol. The minimum absolute atomic E-state index is 0.0401. The Bertz CT molecular complexity index is 1030. The molecular weight excluding hydrogens is 484 g/mol. The number of piperazine rings is 1. The smallest absolute Gasteiger partial charge is 0.409 e. The molecule has 0 aromatic carbocycles. The number of aryl methyl sites for hydroxylation is 1. The van der Waals surface area contributed by atoms with E-state index in [-0.39, 0.29) is 23.8 Å². The maximum atomic E-state index is 13.4. The Labute approximate surface area is 214 Å². The molecule has 2 fully saturated rings. The summed E-state index contributed by atoms with van der Waals surface area (Å²) in [7, 11) is 0. The number of amides is 3. The highest BCUT2D eigenvalue weighted by Gasteiger charge is 2.31. The molecule has 0 saturated carbocycles. The second-order valence-corrected chi connectivity index (χ2v) is 10.6. The average molecular weight is 517 g/mol. The van der Waals surface area contributed by atoms with Crippen LogP contribution in [0.4, 0.5) is 4.79 Å². The first-order chi connectivity index (χ1) is 17.0. The molecule has 3 amide bonds. The molecule has 4 rings (SSSR count). The molecule has 8 nitrogen and oxygen atoms in total. The van der Waals surface area contributed by atoms with Gasteiger partial charge in [-0.15, -0.1) is 11.8 Å². The number of likely N-dealkylation sites (tertiary alicyclic amines) is 1. The average Bonchev–Trinajstić information content (AvgIpc) is 3.41. The normalized spacial score (nSPS) is 16.9. The summed E-state index contributed by atoms with van der Waals surface area (Å²) in [6, 6.07) is 5.80. The van der Waals surface area contributed by atoms with Crippen molar-refractivity contribution in [1.82, 2.24) is 19.7 Å². The molecule has 0 N–H and O–H groups in total. The Morgan fingerprint density at radius 3 is 2.40 bits per heavy atom. The molecule has 2 aliphatic rings. The fraction of sp³-hybridized carbons (Fsp3) is 0.520. The van der Waals surface area contributed by atoms with Crippen molar-refractivity contribution in [2.75, 3.05) is 51.6 Å². The SMILES string of the molecule is CCOC(=O)N1CCN(C(=O)c2ccc(C)nc2C2CCN(C(=O)CSc3ccsc3)CC2)CC1. The van der Waals surface area contributed by atoms with Gasteiger partial charge in [0, 0.05) is 61.2 Å². The summed E-state index contributed by atoms with van der Waals surface area (Å²) in [5, 5.41) is 4.08. The van der Waals surface area contributed by atoms with Crippen molar-refractivity contribution in [1.29, 1.82) is 0 Å². The van der Waals surface area contributed by atoms with Gasteiger partial charge in [-0.1, -0.05) is 0 Å². The van der Waals surface area contributed by atoms with E-state index in [1.807, 2.05) is 35.4 Å². The van der Waals surface area contributed by atoms with Crippen molar-refractivity contribution >= 4 is 41.0 Å². The third-order valence-corrected chi connectivity index (χ3v) is 8.29. The van der Waals surface area contributed by atoms with Crippen LogP contribution in [-0.4, -0.2) is 89.2 Å². The minimum Gasteiger partial charge on any atom is -0.450 e. The second-order valence-electron chi connectivity index (χ2n) is 8.77. The lowest BCUT2D eigenvalue weighted by molar-refractivity contribution is -0.129. The van der Waals surface area contributed by atoms with Crippen LogP contribution in [0, 0.1) is 6.92 Å². The van der Waals surface area contributed by atoms with Crippen LogP contribution in [0.1, 0.15) is 47.4 Å². The molecule has 2 aromatic rings. The van der Waals surface area contributed by atoms with Crippen molar-refractivity contribution in [3.63, 3.8) is 0 Å². The third kappa shape index (κ3) is 6.35. The molecule has 4 heterocycles. The van der Waals surface area contributed by atoms with Gasteiger partial charge >= 0.3 is 6.09 Å². The van der Waals surface area contributed by atoms with Gasteiger partial charge in [0.25, 0.3) is 5.91 Å². The summed E-state index contributed by atoms with van der Waals surface area (Å²) in [5.41, 5.74) is 2.36. The summed E-state index contributed by atoms with van der Waals surface area (Å²) in [6.45, 7) is 7.29. The molecular formula is C25H32N4O4S2. The van der Waals surface area contributed by atoms with Gasteiger partial charge in [-0.3, -0.25) is 14.6 Å². The van der Waals surface area contributed by atoms with E-state index in [1.165, 1.54) is 0 Å². The van der Waals surface area contributed by atoms with Crippen molar-refractivity contribution in [3.05, 3.63) is 45.9 Å².